The number of aliphatic hydroxyl groups excluding tert-OH is 1. The van der Waals surface area contributed by atoms with Gasteiger partial charge in [0.1, 0.15) is 18.5 Å². The zero-order chi connectivity index (χ0) is 18.4. The highest BCUT2D eigenvalue weighted by Crippen LogP contribution is 2.16. The number of β-amino-alcohol motifs (C(OH)–C–C–N with tert-alkyl or cyclic N) is 1. The molecule has 1 aliphatic rings. The van der Waals surface area contributed by atoms with E-state index in [1.54, 1.807) is 24.3 Å². The smallest absolute Gasteiger partial charge is 0.253 e. The van der Waals surface area contributed by atoms with Crippen molar-refractivity contribution in [3.8, 4) is 5.75 Å². The van der Waals surface area contributed by atoms with E-state index in [0.29, 0.717) is 30.4 Å². The van der Waals surface area contributed by atoms with Crippen molar-refractivity contribution < 1.29 is 14.6 Å². The maximum absolute atomic E-state index is 12.4. The summed E-state index contributed by atoms with van der Waals surface area (Å²) < 4.78 is 5.58. The maximum atomic E-state index is 12.4. The second kappa shape index (κ2) is 9.03. The van der Waals surface area contributed by atoms with Crippen LogP contribution in [0.5, 0.6) is 5.75 Å². The molecule has 1 fully saturated rings. The van der Waals surface area contributed by atoms with Gasteiger partial charge in [0.2, 0.25) is 0 Å². The molecule has 1 saturated heterocycles. The van der Waals surface area contributed by atoms with E-state index < -0.39 is 6.10 Å². The zero-order valence-electron chi connectivity index (χ0n) is 14.6. The fourth-order valence-electron chi connectivity index (χ4n) is 2.97. The molecule has 0 saturated carbocycles. The van der Waals surface area contributed by atoms with Gasteiger partial charge in [0.15, 0.2) is 0 Å². The molecule has 1 aliphatic heterocycles. The number of piperazine rings is 1. The number of nitrogens with zero attached hydrogens (tertiary/aromatic N) is 2. The molecule has 0 unspecified atom stereocenters. The molecule has 1 heterocycles. The molecule has 1 amide bonds. The summed E-state index contributed by atoms with van der Waals surface area (Å²) >= 11 is 5.84. The van der Waals surface area contributed by atoms with E-state index in [9.17, 15) is 9.90 Å². The summed E-state index contributed by atoms with van der Waals surface area (Å²) in [4.78, 5) is 16.5. The molecule has 0 bridgehead atoms. The van der Waals surface area contributed by atoms with Crippen LogP contribution < -0.4 is 4.74 Å². The molecule has 0 radical (unpaired) electrons. The minimum absolute atomic E-state index is 0.0665. The van der Waals surface area contributed by atoms with Crippen molar-refractivity contribution in [2.45, 2.75) is 6.10 Å². The molecule has 3 rings (SSSR count). The van der Waals surface area contributed by atoms with Crippen LogP contribution in [0.3, 0.4) is 0 Å². The molecule has 6 heteroatoms. The first kappa shape index (κ1) is 18.7. The Kier molecular flexibility index (Phi) is 6.50. The number of hydrogen-bond acceptors (Lipinski definition) is 4. The first-order valence-electron chi connectivity index (χ1n) is 8.75. The standard InChI is InChI=1S/C20H23ClN2O3/c21-17-6-8-19(9-7-17)26-15-18(24)14-22-10-12-23(13-11-22)20(25)16-4-2-1-3-5-16/h1-9,18,24H,10-15H2/t18-/m0/s1. The van der Waals surface area contributed by atoms with E-state index in [2.05, 4.69) is 4.90 Å². The summed E-state index contributed by atoms with van der Waals surface area (Å²) in [7, 11) is 0. The molecule has 0 spiro atoms. The van der Waals surface area contributed by atoms with E-state index in [4.69, 9.17) is 16.3 Å². The van der Waals surface area contributed by atoms with Gasteiger partial charge in [-0.1, -0.05) is 29.8 Å². The van der Waals surface area contributed by atoms with Gasteiger partial charge in [-0.25, -0.2) is 0 Å². The third kappa shape index (κ3) is 5.21. The topological polar surface area (TPSA) is 53.0 Å². The molecule has 26 heavy (non-hydrogen) atoms. The van der Waals surface area contributed by atoms with Crippen LogP contribution in [0.2, 0.25) is 5.02 Å². The van der Waals surface area contributed by atoms with Gasteiger partial charge in [-0.15, -0.1) is 0 Å². The van der Waals surface area contributed by atoms with Gasteiger partial charge in [0.05, 0.1) is 0 Å². The molecular weight excluding hydrogens is 352 g/mol. The van der Waals surface area contributed by atoms with Crippen molar-refractivity contribution >= 4 is 17.5 Å². The summed E-state index contributed by atoms with van der Waals surface area (Å²) in [6, 6.07) is 16.4. The zero-order valence-corrected chi connectivity index (χ0v) is 15.3. The van der Waals surface area contributed by atoms with E-state index in [1.165, 1.54) is 0 Å². The quantitative estimate of drug-likeness (QED) is 0.844. The third-order valence-corrected chi connectivity index (χ3v) is 4.66. The van der Waals surface area contributed by atoms with Gasteiger partial charge in [-0.05, 0) is 36.4 Å². The summed E-state index contributed by atoms with van der Waals surface area (Å²) in [6.07, 6.45) is -0.581. The molecule has 5 nitrogen and oxygen atoms in total. The minimum Gasteiger partial charge on any atom is -0.491 e. The monoisotopic (exact) mass is 374 g/mol. The number of aliphatic hydroxyl groups is 1. The largest absolute Gasteiger partial charge is 0.491 e. The highest BCUT2D eigenvalue weighted by Gasteiger charge is 2.23. The van der Waals surface area contributed by atoms with Crippen LogP contribution >= 0.6 is 11.6 Å². The molecule has 0 aliphatic carbocycles. The number of rotatable bonds is 6. The molecule has 138 valence electrons. The van der Waals surface area contributed by atoms with Gasteiger partial charge in [-0.3, -0.25) is 9.69 Å². The van der Waals surface area contributed by atoms with Crippen LogP contribution in [-0.4, -0.2) is 66.2 Å². The lowest BCUT2D eigenvalue weighted by molar-refractivity contribution is 0.0403. The molecular formula is C20H23ClN2O3. The highest BCUT2D eigenvalue weighted by molar-refractivity contribution is 6.30. The van der Waals surface area contributed by atoms with Crippen LogP contribution in [0, 0.1) is 0 Å². The van der Waals surface area contributed by atoms with Gasteiger partial charge < -0.3 is 14.7 Å². The Morgan fingerprint density at radius 1 is 1.04 bits per heavy atom. The van der Waals surface area contributed by atoms with Crippen molar-refractivity contribution in [2.75, 3.05) is 39.3 Å². The van der Waals surface area contributed by atoms with Crippen LogP contribution in [0.1, 0.15) is 10.4 Å². The maximum Gasteiger partial charge on any atom is 0.253 e. The van der Waals surface area contributed by atoms with E-state index in [0.717, 1.165) is 18.7 Å². The van der Waals surface area contributed by atoms with Gasteiger partial charge >= 0.3 is 0 Å². The van der Waals surface area contributed by atoms with Crippen molar-refractivity contribution in [1.82, 2.24) is 9.80 Å². The Bertz CT molecular complexity index is 701. The van der Waals surface area contributed by atoms with E-state index in [-0.39, 0.29) is 12.5 Å². The SMILES string of the molecule is O=C(c1ccccc1)N1CCN(C[C@H](O)COc2ccc(Cl)cc2)CC1. The fourth-order valence-corrected chi connectivity index (χ4v) is 3.10. The summed E-state index contributed by atoms with van der Waals surface area (Å²) in [6.45, 7) is 3.58. The Morgan fingerprint density at radius 3 is 2.35 bits per heavy atom. The number of benzene rings is 2. The summed E-state index contributed by atoms with van der Waals surface area (Å²) in [5.74, 6) is 0.753. The summed E-state index contributed by atoms with van der Waals surface area (Å²) in [5, 5.41) is 10.9. The van der Waals surface area contributed by atoms with Gasteiger partial charge in [-0.2, -0.15) is 0 Å². The number of amides is 1. The number of ether oxygens (including phenoxy) is 1. The normalized spacial score (nSPS) is 16.3. The first-order valence-corrected chi connectivity index (χ1v) is 9.13. The first-order chi connectivity index (χ1) is 12.6. The summed E-state index contributed by atoms with van der Waals surface area (Å²) in [5.41, 5.74) is 0.720. The second-order valence-electron chi connectivity index (χ2n) is 6.38. The van der Waals surface area contributed by atoms with E-state index in [1.807, 2.05) is 35.2 Å². The van der Waals surface area contributed by atoms with Crippen LogP contribution in [0.25, 0.3) is 0 Å². The third-order valence-electron chi connectivity index (χ3n) is 4.41. The average molecular weight is 375 g/mol. The molecule has 2 aromatic rings. The predicted molar refractivity (Wildman–Crippen MR) is 102 cm³/mol. The Balaban J connectivity index is 1.40. The molecule has 2 aromatic carbocycles. The van der Waals surface area contributed by atoms with Gasteiger partial charge in [0, 0.05) is 43.3 Å². The minimum atomic E-state index is -0.581. The Hall–Kier alpha value is -2.08. The molecule has 0 aromatic heterocycles. The van der Waals surface area contributed by atoms with Crippen molar-refractivity contribution in [3.05, 3.63) is 65.2 Å². The lowest BCUT2D eigenvalue weighted by Crippen LogP contribution is -2.50. The number of carbonyl (C=O) groups excluding carboxylic acids is 1. The average Bonchev–Trinajstić information content (AvgIpc) is 2.68. The second-order valence-corrected chi connectivity index (χ2v) is 6.81. The van der Waals surface area contributed by atoms with Crippen molar-refractivity contribution in [1.29, 1.82) is 0 Å². The number of carbonyl (C=O) groups is 1. The van der Waals surface area contributed by atoms with Crippen LogP contribution in [0.4, 0.5) is 0 Å². The lowest BCUT2D eigenvalue weighted by Gasteiger charge is -2.35. The van der Waals surface area contributed by atoms with E-state index >= 15 is 0 Å². The van der Waals surface area contributed by atoms with Crippen molar-refractivity contribution in [2.24, 2.45) is 0 Å². The Labute approximate surface area is 158 Å². The lowest BCUT2D eigenvalue weighted by atomic mass is 10.2. The predicted octanol–water partition coefficient (Wildman–Crippen LogP) is 2.54. The highest BCUT2D eigenvalue weighted by atomic mass is 35.5. The van der Waals surface area contributed by atoms with Crippen molar-refractivity contribution in [3.63, 3.8) is 0 Å². The number of halogens is 1. The molecule has 1 atom stereocenters. The Morgan fingerprint density at radius 2 is 1.69 bits per heavy atom. The fraction of sp³-hybridized carbons (Fsp3) is 0.350. The van der Waals surface area contributed by atoms with Crippen LogP contribution in [-0.2, 0) is 0 Å². The van der Waals surface area contributed by atoms with Gasteiger partial charge in [0.25, 0.3) is 5.91 Å². The van der Waals surface area contributed by atoms with Crippen LogP contribution in [0.15, 0.2) is 54.6 Å². The number of hydrogen-bond donors (Lipinski definition) is 1. The molecule has 1 N–H and O–H groups in total.